The van der Waals surface area contributed by atoms with Gasteiger partial charge in [-0.05, 0) is 45.6 Å². The molecule has 0 fully saturated rings. The summed E-state index contributed by atoms with van der Waals surface area (Å²) in [6, 6.07) is 5.50. The quantitative estimate of drug-likeness (QED) is 0.868. The van der Waals surface area contributed by atoms with Crippen LogP contribution in [-0.4, -0.2) is 39.8 Å². The van der Waals surface area contributed by atoms with Gasteiger partial charge in [0.25, 0.3) is 0 Å². The van der Waals surface area contributed by atoms with Crippen LogP contribution in [0.2, 0.25) is 0 Å². The number of rotatable bonds is 6. The molecule has 0 radical (unpaired) electrons. The standard InChI is InChI=1S/C13H22N2O3S/c1-10(2)19(16,17)14-12-8-11(9-15(3)4)6-7-13(12)18-5/h6-8,10,14H,9H2,1-5H3. The van der Waals surface area contributed by atoms with E-state index in [1.807, 2.05) is 25.1 Å². The highest BCUT2D eigenvalue weighted by molar-refractivity contribution is 7.93. The molecule has 1 N–H and O–H groups in total. The molecule has 0 spiro atoms. The fourth-order valence-electron chi connectivity index (χ4n) is 1.57. The summed E-state index contributed by atoms with van der Waals surface area (Å²) in [6.45, 7) is 4.01. The molecule has 6 heteroatoms. The van der Waals surface area contributed by atoms with E-state index in [4.69, 9.17) is 4.74 Å². The Labute approximate surface area is 115 Å². The number of nitrogens with one attached hydrogen (secondary N) is 1. The summed E-state index contributed by atoms with van der Waals surface area (Å²) >= 11 is 0. The van der Waals surface area contributed by atoms with E-state index in [1.165, 1.54) is 7.11 Å². The highest BCUT2D eigenvalue weighted by Crippen LogP contribution is 2.27. The van der Waals surface area contributed by atoms with E-state index < -0.39 is 15.3 Å². The van der Waals surface area contributed by atoms with Gasteiger partial charge in [0.15, 0.2) is 0 Å². The van der Waals surface area contributed by atoms with Crippen LogP contribution in [-0.2, 0) is 16.6 Å². The summed E-state index contributed by atoms with van der Waals surface area (Å²) < 4.78 is 31.6. The number of methoxy groups -OCH3 is 1. The maximum atomic E-state index is 11.9. The minimum absolute atomic E-state index is 0.482. The SMILES string of the molecule is COc1ccc(CN(C)C)cc1NS(=O)(=O)C(C)C. The minimum Gasteiger partial charge on any atom is -0.495 e. The molecule has 0 aliphatic heterocycles. The first-order valence-electron chi connectivity index (χ1n) is 6.09. The van der Waals surface area contributed by atoms with E-state index in [0.29, 0.717) is 11.4 Å². The van der Waals surface area contributed by atoms with E-state index in [2.05, 4.69) is 4.72 Å². The normalized spacial score (nSPS) is 11.9. The highest BCUT2D eigenvalue weighted by Gasteiger charge is 2.18. The third kappa shape index (κ3) is 4.40. The lowest BCUT2D eigenvalue weighted by Crippen LogP contribution is -2.23. The lowest BCUT2D eigenvalue weighted by Gasteiger charge is -2.16. The van der Waals surface area contributed by atoms with Gasteiger partial charge in [0.2, 0.25) is 10.0 Å². The van der Waals surface area contributed by atoms with Crippen LogP contribution in [0.3, 0.4) is 0 Å². The van der Waals surface area contributed by atoms with Gasteiger partial charge in [0.1, 0.15) is 5.75 Å². The second-order valence-corrected chi connectivity index (χ2v) is 7.21. The number of anilines is 1. The Hall–Kier alpha value is -1.27. The summed E-state index contributed by atoms with van der Waals surface area (Å²) in [5.41, 5.74) is 1.50. The maximum Gasteiger partial charge on any atom is 0.235 e. The van der Waals surface area contributed by atoms with E-state index in [-0.39, 0.29) is 0 Å². The topological polar surface area (TPSA) is 58.6 Å². The molecule has 0 saturated heterocycles. The van der Waals surface area contributed by atoms with Crippen molar-refractivity contribution in [2.45, 2.75) is 25.6 Å². The molecule has 1 aromatic carbocycles. The van der Waals surface area contributed by atoms with Gasteiger partial charge in [-0.15, -0.1) is 0 Å². The van der Waals surface area contributed by atoms with Gasteiger partial charge in [-0.1, -0.05) is 6.07 Å². The van der Waals surface area contributed by atoms with Crippen LogP contribution in [0.1, 0.15) is 19.4 Å². The Morgan fingerprint density at radius 1 is 1.32 bits per heavy atom. The van der Waals surface area contributed by atoms with Gasteiger partial charge in [-0.3, -0.25) is 4.72 Å². The van der Waals surface area contributed by atoms with Crippen molar-refractivity contribution in [1.29, 1.82) is 0 Å². The zero-order valence-electron chi connectivity index (χ0n) is 12.1. The Morgan fingerprint density at radius 3 is 2.42 bits per heavy atom. The molecule has 1 rings (SSSR count). The van der Waals surface area contributed by atoms with Crippen molar-refractivity contribution >= 4 is 15.7 Å². The Kier molecular flexibility index (Phi) is 5.20. The number of nitrogens with zero attached hydrogens (tertiary/aromatic N) is 1. The second-order valence-electron chi connectivity index (χ2n) is 4.97. The van der Waals surface area contributed by atoms with E-state index in [1.54, 1.807) is 26.0 Å². The Morgan fingerprint density at radius 2 is 1.95 bits per heavy atom. The van der Waals surface area contributed by atoms with Crippen molar-refractivity contribution in [2.24, 2.45) is 0 Å². The van der Waals surface area contributed by atoms with Crippen LogP contribution in [0.5, 0.6) is 5.75 Å². The van der Waals surface area contributed by atoms with Crippen molar-refractivity contribution in [3.05, 3.63) is 23.8 Å². The predicted molar refractivity (Wildman–Crippen MR) is 78.1 cm³/mol. The number of hydrogen-bond donors (Lipinski definition) is 1. The van der Waals surface area contributed by atoms with Crippen LogP contribution in [0.25, 0.3) is 0 Å². The third-order valence-electron chi connectivity index (χ3n) is 2.64. The van der Waals surface area contributed by atoms with Gasteiger partial charge >= 0.3 is 0 Å². The average molecular weight is 286 g/mol. The van der Waals surface area contributed by atoms with Crippen LogP contribution in [0, 0.1) is 0 Å². The first-order chi connectivity index (χ1) is 8.76. The zero-order chi connectivity index (χ0) is 14.6. The smallest absolute Gasteiger partial charge is 0.235 e. The molecular weight excluding hydrogens is 264 g/mol. The van der Waals surface area contributed by atoms with Crippen molar-refractivity contribution in [1.82, 2.24) is 4.90 Å². The fraction of sp³-hybridized carbons (Fsp3) is 0.538. The van der Waals surface area contributed by atoms with Crippen molar-refractivity contribution in [3.8, 4) is 5.75 Å². The molecular formula is C13H22N2O3S. The summed E-state index contributed by atoms with van der Waals surface area (Å²) in [4.78, 5) is 2.02. The first kappa shape index (κ1) is 15.8. The predicted octanol–water partition coefficient (Wildman–Crippen LogP) is 1.91. The van der Waals surface area contributed by atoms with Crippen molar-refractivity contribution in [3.63, 3.8) is 0 Å². The minimum atomic E-state index is -3.37. The molecule has 0 unspecified atom stereocenters. The summed E-state index contributed by atoms with van der Waals surface area (Å²) in [7, 11) is 2.07. The zero-order valence-corrected chi connectivity index (χ0v) is 12.9. The van der Waals surface area contributed by atoms with Crippen molar-refractivity contribution in [2.75, 3.05) is 25.9 Å². The second kappa shape index (κ2) is 6.25. The van der Waals surface area contributed by atoms with Gasteiger partial charge in [-0.2, -0.15) is 0 Å². The highest BCUT2D eigenvalue weighted by atomic mass is 32.2. The molecule has 0 amide bonds. The largest absolute Gasteiger partial charge is 0.495 e. The van der Waals surface area contributed by atoms with E-state index in [0.717, 1.165) is 12.1 Å². The average Bonchev–Trinajstić information content (AvgIpc) is 2.27. The molecule has 0 aliphatic carbocycles. The molecule has 108 valence electrons. The van der Waals surface area contributed by atoms with E-state index >= 15 is 0 Å². The number of sulfonamides is 1. The van der Waals surface area contributed by atoms with Gasteiger partial charge in [-0.25, -0.2) is 8.42 Å². The lowest BCUT2D eigenvalue weighted by atomic mass is 10.2. The molecule has 0 bridgehead atoms. The summed E-state index contributed by atoms with van der Waals surface area (Å²) in [5.74, 6) is 0.520. The third-order valence-corrected chi connectivity index (χ3v) is 4.38. The Bertz CT molecular complexity index is 525. The van der Waals surface area contributed by atoms with Gasteiger partial charge in [0, 0.05) is 6.54 Å². The molecule has 0 heterocycles. The summed E-state index contributed by atoms with van der Waals surface area (Å²) in [5, 5.41) is -0.491. The van der Waals surface area contributed by atoms with Gasteiger partial charge in [0.05, 0.1) is 18.0 Å². The first-order valence-corrected chi connectivity index (χ1v) is 7.64. The monoisotopic (exact) mass is 286 g/mol. The Balaban J connectivity index is 3.09. The fourth-order valence-corrected chi connectivity index (χ4v) is 2.27. The maximum absolute atomic E-state index is 11.9. The number of ether oxygens (including phenoxy) is 1. The number of hydrogen-bond acceptors (Lipinski definition) is 4. The number of benzene rings is 1. The molecule has 0 aliphatic rings. The molecule has 1 aromatic rings. The molecule has 5 nitrogen and oxygen atoms in total. The van der Waals surface area contributed by atoms with Crippen LogP contribution >= 0.6 is 0 Å². The molecule has 0 saturated carbocycles. The molecule has 0 atom stereocenters. The van der Waals surface area contributed by atoms with Crippen LogP contribution in [0.4, 0.5) is 5.69 Å². The van der Waals surface area contributed by atoms with Gasteiger partial charge < -0.3 is 9.64 Å². The van der Waals surface area contributed by atoms with Crippen LogP contribution in [0.15, 0.2) is 18.2 Å². The molecule has 19 heavy (non-hydrogen) atoms. The van der Waals surface area contributed by atoms with Crippen LogP contribution < -0.4 is 9.46 Å². The van der Waals surface area contributed by atoms with Crippen molar-refractivity contribution < 1.29 is 13.2 Å². The summed E-state index contributed by atoms with van der Waals surface area (Å²) in [6.07, 6.45) is 0. The molecule has 0 aromatic heterocycles. The van der Waals surface area contributed by atoms with E-state index in [9.17, 15) is 8.42 Å². The lowest BCUT2D eigenvalue weighted by molar-refractivity contribution is 0.400.